The maximum Gasteiger partial charge on any atom is 0.342 e. The van der Waals surface area contributed by atoms with E-state index >= 15 is 0 Å². The van der Waals surface area contributed by atoms with Crippen molar-refractivity contribution in [3.05, 3.63) is 45.8 Å². The van der Waals surface area contributed by atoms with Crippen LogP contribution in [0.25, 0.3) is 0 Å². The van der Waals surface area contributed by atoms with Crippen LogP contribution in [0.3, 0.4) is 0 Å². The second-order valence-electron chi connectivity index (χ2n) is 3.81. The third-order valence-electron chi connectivity index (χ3n) is 2.49. The number of carbonyl (C=O) groups excluding carboxylic acids is 2. The Morgan fingerprint density at radius 3 is 2.70 bits per heavy atom. The van der Waals surface area contributed by atoms with Crippen LogP contribution in [0.2, 0.25) is 5.02 Å². The van der Waals surface area contributed by atoms with Crippen LogP contribution in [0.15, 0.2) is 30.3 Å². The summed E-state index contributed by atoms with van der Waals surface area (Å²) in [7, 11) is 0. The van der Waals surface area contributed by atoms with E-state index in [0.717, 1.165) is 17.0 Å². The second-order valence-corrected chi connectivity index (χ2v) is 5.24. The van der Waals surface area contributed by atoms with Gasteiger partial charge in [-0.05, 0) is 19.1 Å². The number of aldehydes is 1. The van der Waals surface area contributed by atoms with Crippen LogP contribution in [-0.2, 0) is 4.74 Å². The molecule has 0 amide bonds. The minimum Gasteiger partial charge on any atom is -0.462 e. The molecule has 0 unspecified atom stereocenters. The molecule has 104 valence electrons. The average Bonchev–Trinajstić information content (AvgIpc) is 2.76. The molecule has 1 aromatic carbocycles. The maximum absolute atomic E-state index is 11.9. The van der Waals surface area contributed by atoms with Gasteiger partial charge in [0, 0.05) is 5.69 Å². The van der Waals surface area contributed by atoms with Gasteiger partial charge < -0.3 is 10.1 Å². The summed E-state index contributed by atoms with van der Waals surface area (Å²) in [5.41, 5.74) is 0.998. The quantitative estimate of drug-likeness (QED) is 0.666. The first-order chi connectivity index (χ1) is 9.67. The molecule has 20 heavy (non-hydrogen) atoms. The number of rotatable bonds is 5. The Labute approximate surface area is 125 Å². The molecule has 0 radical (unpaired) electrons. The molecule has 0 bridgehead atoms. The van der Waals surface area contributed by atoms with Crippen LogP contribution in [0, 0.1) is 0 Å². The van der Waals surface area contributed by atoms with E-state index in [1.165, 1.54) is 0 Å². The van der Waals surface area contributed by atoms with Gasteiger partial charge in [-0.15, -0.1) is 11.3 Å². The number of nitrogens with one attached hydrogen (secondary N) is 1. The fourth-order valence-electron chi connectivity index (χ4n) is 1.63. The van der Waals surface area contributed by atoms with Crippen molar-refractivity contribution in [2.45, 2.75) is 6.92 Å². The maximum atomic E-state index is 11.9. The Hall–Kier alpha value is -1.85. The summed E-state index contributed by atoms with van der Waals surface area (Å²) in [5.74, 6) is -0.541. The molecule has 1 aromatic heterocycles. The first-order valence-electron chi connectivity index (χ1n) is 5.94. The molecule has 1 heterocycles. The molecular weight excluding hydrogens is 298 g/mol. The van der Waals surface area contributed by atoms with E-state index in [0.29, 0.717) is 16.2 Å². The van der Waals surface area contributed by atoms with E-state index < -0.39 is 5.97 Å². The first-order valence-corrected chi connectivity index (χ1v) is 7.13. The average molecular weight is 310 g/mol. The highest BCUT2D eigenvalue weighted by Gasteiger charge is 2.23. The van der Waals surface area contributed by atoms with E-state index in [4.69, 9.17) is 16.3 Å². The number of esters is 1. The third kappa shape index (κ3) is 3.00. The minimum absolute atomic E-state index is 0.127. The fraction of sp³-hybridized carbons (Fsp3) is 0.143. The largest absolute Gasteiger partial charge is 0.462 e. The van der Waals surface area contributed by atoms with Crippen molar-refractivity contribution in [3.8, 4) is 0 Å². The predicted octanol–water partition coefficient (Wildman–Crippen LogP) is 4.13. The number of hydrogen-bond donors (Lipinski definition) is 1. The van der Waals surface area contributed by atoms with Crippen LogP contribution in [0.5, 0.6) is 0 Å². The molecule has 0 aliphatic heterocycles. The molecule has 0 atom stereocenters. The Balaban J connectivity index is 2.41. The molecule has 0 spiro atoms. The van der Waals surface area contributed by atoms with Crippen molar-refractivity contribution in [2.24, 2.45) is 0 Å². The molecule has 1 N–H and O–H groups in total. The van der Waals surface area contributed by atoms with Gasteiger partial charge in [-0.2, -0.15) is 0 Å². The zero-order valence-electron chi connectivity index (χ0n) is 10.7. The number of anilines is 2. The molecule has 2 aromatic rings. The van der Waals surface area contributed by atoms with E-state index in [1.807, 2.05) is 30.3 Å². The molecular formula is C14H12ClNO3S. The first kappa shape index (κ1) is 14.6. The van der Waals surface area contributed by atoms with Gasteiger partial charge in [0.2, 0.25) is 0 Å². The van der Waals surface area contributed by atoms with Crippen molar-refractivity contribution in [2.75, 3.05) is 11.9 Å². The van der Waals surface area contributed by atoms with Crippen molar-refractivity contribution in [3.63, 3.8) is 0 Å². The highest BCUT2D eigenvalue weighted by Crippen LogP contribution is 2.38. The Bertz CT molecular complexity index is 625. The lowest BCUT2D eigenvalue weighted by molar-refractivity contribution is 0.0528. The number of carbonyl (C=O) groups is 2. The van der Waals surface area contributed by atoms with Gasteiger partial charge in [-0.25, -0.2) is 4.79 Å². The zero-order chi connectivity index (χ0) is 14.5. The lowest BCUT2D eigenvalue weighted by Gasteiger charge is -2.07. The highest BCUT2D eigenvalue weighted by atomic mass is 35.5. The summed E-state index contributed by atoms with van der Waals surface area (Å²) in [6.45, 7) is 1.95. The second kappa shape index (κ2) is 6.54. The molecule has 0 aliphatic rings. The topological polar surface area (TPSA) is 55.4 Å². The Morgan fingerprint density at radius 2 is 2.10 bits per heavy atom. The summed E-state index contributed by atoms with van der Waals surface area (Å²) in [5, 5.41) is 3.71. The van der Waals surface area contributed by atoms with Crippen molar-refractivity contribution < 1.29 is 14.3 Å². The van der Waals surface area contributed by atoms with Gasteiger partial charge in [-0.3, -0.25) is 4.79 Å². The number of para-hydroxylation sites is 1. The lowest BCUT2D eigenvalue weighted by atomic mass is 10.2. The summed E-state index contributed by atoms with van der Waals surface area (Å²) in [6.07, 6.45) is 0.631. The fourth-order valence-corrected chi connectivity index (χ4v) is 2.93. The van der Waals surface area contributed by atoms with Crippen molar-refractivity contribution in [1.82, 2.24) is 0 Å². The van der Waals surface area contributed by atoms with Crippen LogP contribution in [-0.4, -0.2) is 18.9 Å². The van der Waals surface area contributed by atoms with E-state index in [2.05, 4.69) is 5.32 Å². The smallest absolute Gasteiger partial charge is 0.342 e. The lowest BCUT2D eigenvalue weighted by Crippen LogP contribution is -2.06. The molecule has 0 saturated heterocycles. The predicted molar refractivity (Wildman–Crippen MR) is 80.4 cm³/mol. The van der Waals surface area contributed by atoms with E-state index in [-0.39, 0.29) is 17.2 Å². The summed E-state index contributed by atoms with van der Waals surface area (Å²) < 4.78 is 4.97. The van der Waals surface area contributed by atoms with Gasteiger partial charge in [0.05, 0.1) is 16.5 Å². The van der Waals surface area contributed by atoms with Gasteiger partial charge in [0.25, 0.3) is 0 Å². The number of thiophene rings is 1. The third-order valence-corrected chi connectivity index (χ3v) is 4.03. The van der Waals surface area contributed by atoms with Crippen molar-refractivity contribution in [1.29, 1.82) is 0 Å². The van der Waals surface area contributed by atoms with Gasteiger partial charge >= 0.3 is 5.97 Å². The molecule has 0 saturated carbocycles. The zero-order valence-corrected chi connectivity index (χ0v) is 12.3. The number of hydrogen-bond acceptors (Lipinski definition) is 5. The summed E-state index contributed by atoms with van der Waals surface area (Å²) in [4.78, 5) is 23.2. The summed E-state index contributed by atoms with van der Waals surface area (Å²) >= 11 is 7.19. The molecule has 4 nitrogen and oxygen atoms in total. The molecule has 2 rings (SSSR count). The van der Waals surface area contributed by atoms with Crippen LogP contribution in [0.1, 0.15) is 27.0 Å². The van der Waals surface area contributed by atoms with Crippen LogP contribution in [0.4, 0.5) is 10.7 Å². The van der Waals surface area contributed by atoms with Crippen LogP contribution >= 0.6 is 22.9 Å². The van der Waals surface area contributed by atoms with Gasteiger partial charge in [-0.1, -0.05) is 29.8 Å². The normalized spacial score (nSPS) is 10.1. The molecule has 0 aliphatic carbocycles. The van der Waals surface area contributed by atoms with Crippen molar-refractivity contribution >= 4 is 45.9 Å². The summed E-state index contributed by atoms with van der Waals surface area (Å²) in [6, 6.07) is 9.31. The van der Waals surface area contributed by atoms with E-state index in [9.17, 15) is 9.59 Å². The van der Waals surface area contributed by atoms with Gasteiger partial charge in [0.1, 0.15) is 10.6 Å². The number of benzene rings is 1. The molecule has 0 fully saturated rings. The standard InChI is InChI=1S/C14H12ClNO3S/c1-2-19-14(18)11-12(15)10(8-17)20-13(11)16-9-6-4-3-5-7-9/h3-8,16H,2H2,1H3. The Morgan fingerprint density at radius 1 is 1.40 bits per heavy atom. The van der Waals surface area contributed by atoms with E-state index in [1.54, 1.807) is 6.92 Å². The Kier molecular flexibility index (Phi) is 4.76. The monoisotopic (exact) mass is 309 g/mol. The SMILES string of the molecule is CCOC(=O)c1c(Nc2ccccc2)sc(C=O)c1Cl. The molecule has 6 heteroatoms. The minimum atomic E-state index is -0.541. The number of halogens is 1. The number of ether oxygens (including phenoxy) is 1. The van der Waals surface area contributed by atoms with Gasteiger partial charge in [0.15, 0.2) is 6.29 Å². The van der Waals surface area contributed by atoms with Crippen LogP contribution < -0.4 is 5.32 Å². The highest BCUT2D eigenvalue weighted by molar-refractivity contribution is 7.18.